The van der Waals surface area contributed by atoms with Crippen LogP contribution in [0.4, 0.5) is 5.82 Å². The summed E-state index contributed by atoms with van der Waals surface area (Å²) in [6.45, 7) is 2.70. The number of benzene rings is 1. The fraction of sp³-hybridized carbons (Fsp3) is 0.312. The molecule has 23 heavy (non-hydrogen) atoms. The van der Waals surface area contributed by atoms with Gasteiger partial charge < -0.3 is 0 Å². The van der Waals surface area contributed by atoms with Crippen molar-refractivity contribution in [1.29, 1.82) is 0 Å². The third-order valence-electron chi connectivity index (χ3n) is 4.15. The number of nitrogens with zero attached hydrogens (tertiary/aromatic N) is 5. The molecule has 0 saturated heterocycles. The SMILES string of the molecule is CCC1Cn2c(c3c([n+](C)c2=O)N=C(c2ccccc2)N=3)=N1.Cl. The van der Waals surface area contributed by atoms with Crippen LogP contribution in [0.1, 0.15) is 18.9 Å². The molecule has 0 saturated carbocycles. The van der Waals surface area contributed by atoms with Gasteiger partial charge in [-0.3, -0.25) is 0 Å². The van der Waals surface area contributed by atoms with E-state index < -0.39 is 0 Å². The number of hydrogen-bond acceptors (Lipinski definition) is 4. The molecule has 0 spiro atoms. The molecule has 0 aliphatic carbocycles. The first-order valence-electron chi connectivity index (χ1n) is 7.42. The first-order valence-corrected chi connectivity index (χ1v) is 7.42. The molecule has 0 amide bonds. The molecule has 1 aromatic heterocycles. The number of aromatic nitrogens is 2. The predicted octanol–water partition coefficient (Wildman–Crippen LogP) is 0.218. The Labute approximate surface area is 139 Å². The van der Waals surface area contributed by atoms with Crippen molar-refractivity contribution in [2.75, 3.05) is 0 Å². The first kappa shape index (κ1) is 15.6. The van der Waals surface area contributed by atoms with Crippen LogP contribution in [-0.2, 0) is 13.6 Å². The Kier molecular flexibility index (Phi) is 3.85. The van der Waals surface area contributed by atoms with E-state index in [1.807, 2.05) is 30.3 Å². The van der Waals surface area contributed by atoms with E-state index in [2.05, 4.69) is 21.9 Å². The summed E-state index contributed by atoms with van der Waals surface area (Å²) < 4.78 is 3.27. The van der Waals surface area contributed by atoms with Crippen LogP contribution in [0.25, 0.3) is 0 Å². The second-order valence-electron chi connectivity index (χ2n) is 5.55. The molecule has 3 heterocycles. The van der Waals surface area contributed by atoms with E-state index in [0.717, 1.165) is 12.0 Å². The van der Waals surface area contributed by atoms with E-state index in [4.69, 9.17) is 0 Å². The smallest absolute Gasteiger partial charge is 0.246 e. The van der Waals surface area contributed by atoms with Crippen molar-refractivity contribution in [2.45, 2.75) is 25.9 Å². The standard InChI is InChI=1S/C16H16N5O.ClH/c1-3-11-9-21-15(17-11)12-14(20(2)16(21)22)19-13(18-12)10-7-5-4-6-8-10;/h4-8,11H,3,9H2,1-2H3;1H/q+1;. The molecule has 2 aliphatic heterocycles. The highest BCUT2D eigenvalue weighted by molar-refractivity contribution is 6.02. The van der Waals surface area contributed by atoms with Gasteiger partial charge >= 0.3 is 5.69 Å². The van der Waals surface area contributed by atoms with E-state index in [-0.39, 0.29) is 24.1 Å². The Morgan fingerprint density at radius 2 is 2.00 bits per heavy atom. The topological polar surface area (TPSA) is 63.0 Å². The number of amidine groups is 1. The fourth-order valence-electron chi connectivity index (χ4n) is 2.86. The van der Waals surface area contributed by atoms with Gasteiger partial charge in [-0.1, -0.05) is 30.1 Å². The summed E-state index contributed by atoms with van der Waals surface area (Å²) in [7, 11) is 1.74. The molecule has 4 rings (SSSR count). The van der Waals surface area contributed by atoms with Gasteiger partial charge in [0, 0.05) is 5.56 Å². The van der Waals surface area contributed by atoms with E-state index >= 15 is 0 Å². The maximum Gasteiger partial charge on any atom is 0.444 e. The lowest BCUT2D eigenvalue weighted by atomic mass is 10.2. The Hall–Kier alpha value is -2.34. The Morgan fingerprint density at radius 1 is 1.26 bits per heavy atom. The summed E-state index contributed by atoms with van der Waals surface area (Å²) in [5.74, 6) is 1.23. The summed E-state index contributed by atoms with van der Waals surface area (Å²) in [5.41, 5.74) is 1.52. The van der Waals surface area contributed by atoms with Gasteiger partial charge in [0.25, 0.3) is 5.82 Å². The molecular weight excluding hydrogens is 314 g/mol. The van der Waals surface area contributed by atoms with Crippen molar-refractivity contribution < 1.29 is 4.57 Å². The molecule has 118 valence electrons. The van der Waals surface area contributed by atoms with Crippen molar-refractivity contribution >= 4 is 24.1 Å². The molecule has 0 fully saturated rings. The van der Waals surface area contributed by atoms with Gasteiger partial charge in [-0.2, -0.15) is 4.57 Å². The quantitative estimate of drug-likeness (QED) is 0.726. The third kappa shape index (κ3) is 2.30. The van der Waals surface area contributed by atoms with Crippen LogP contribution in [0, 0.1) is 0 Å². The second kappa shape index (κ2) is 5.70. The number of aliphatic imine (C=N–C) groups is 1. The van der Waals surface area contributed by atoms with Gasteiger partial charge in [0.15, 0.2) is 0 Å². The molecule has 6 nitrogen and oxygen atoms in total. The number of halogens is 1. The summed E-state index contributed by atoms with van der Waals surface area (Å²) in [6, 6.07) is 9.93. The van der Waals surface area contributed by atoms with Crippen LogP contribution in [0.5, 0.6) is 0 Å². The zero-order valence-corrected chi connectivity index (χ0v) is 13.7. The van der Waals surface area contributed by atoms with Crippen LogP contribution in [0.3, 0.4) is 0 Å². The van der Waals surface area contributed by atoms with Crippen LogP contribution in [0.15, 0.2) is 50.1 Å². The minimum Gasteiger partial charge on any atom is -0.246 e. The van der Waals surface area contributed by atoms with Crippen molar-refractivity contribution in [1.82, 2.24) is 4.57 Å². The molecule has 0 radical (unpaired) electrons. The zero-order chi connectivity index (χ0) is 15.3. The molecule has 2 aliphatic rings. The molecular formula is C16H17ClN5O+. The van der Waals surface area contributed by atoms with E-state index in [1.165, 1.54) is 0 Å². The molecule has 7 heteroatoms. The van der Waals surface area contributed by atoms with Gasteiger partial charge in [0.2, 0.25) is 16.7 Å². The predicted molar refractivity (Wildman–Crippen MR) is 88.2 cm³/mol. The first-order chi connectivity index (χ1) is 10.7. The second-order valence-corrected chi connectivity index (χ2v) is 5.55. The third-order valence-corrected chi connectivity index (χ3v) is 4.15. The number of rotatable bonds is 2. The zero-order valence-electron chi connectivity index (χ0n) is 12.9. The summed E-state index contributed by atoms with van der Waals surface area (Å²) in [4.78, 5) is 26.3. The Morgan fingerprint density at radius 3 is 2.70 bits per heavy atom. The van der Waals surface area contributed by atoms with Crippen LogP contribution in [0.2, 0.25) is 0 Å². The highest BCUT2D eigenvalue weighted by Crippen LogP contribution is 2.11. The normalized spacial score (nSPS) is 17.5. The van der Waals surface area contributed by atoms with Gasteiger partial charge in [-0.05, 0) is 18.6 Å². The molecule has 1 aromatic carbocycles. The molecule has 0 N–H and O–H groups in total. The average molecular weight is 331 g/mol. The minimum absolute atomic E-state index is 0. The Balaban J connectivity index is 0.00000156. The van der Waals surface area contributed by atoms with Crippen LogP contribution >= 0.6 is 12.4 Å². The number of hydrogen-bond donors (Lipinski definition) is 0. The largest absolute Gasteiger partial charge is 0.444 e. The van der Waals surface area contributed by atoms with Crippen molar-refractivity contribution in [2.24, 2.45) is 22.0 Å². The van der Waals surface area contributed by atoms with Gasteiger partial charge in [0.1, 0.15) is 0 Å². The fourth-order valence-corrected chi connectivity index (χ4v) is 2.86. The van der Waals surface area contributed by atoms with Crippen molar-refractivity contribution in [3.8, 4) is 0 Å². The highest BCUT2D eigenvalue weighted by Gasteiger charge is 2.30. The van der Waals surface area contributed by atoms with E-state index in [0.29, 0.717) is 29.0 Å². The lowest BCUT2D eigenvalue weighted by molar-refractivity contribution is -0.678. The monoisotopic (exact) mass is 330 g/mol. The average Bonchev–Trinajstić information content (AvgIpc) is 3.17. The maximum atomic E-state index is 12.5. The summed E-state index contributed by atoms with van der Waals surface area (Å²) in [5, 5.41) is 0.705. The van der Waals surface area contributed by atoms with Gasteiger partial charge in [-0.25, -0.2) is 19.3 Å². The highest BCUT2D eigenvalue weighted by atomic mass is 35.5. The van der Waals surface area contributed by atoms with E-state index in [9.17, 15) is 4.79 Å². The molecule has 0 bridgehead atoms. The van der Waals surface area contributed by atoms with Gasteiger partial charge in [-0.15, -0.1) is 12.4 Å². The molecule has 2 aromatic rings. The van der Waals surface area contributed by atoms with Gasteiger partial charge in [0.05, 0.1) is 19.6 Å². The van der Waals surface area contributed by atoms with Crippen molar-refractivity contribution in [3.63, 3.8) is 0 Å². The van der Waals surface area contributed by atoms with E-state index in [1.54, 1.807) is 16.2 Å². The Bertz CT molecular complexity index is 978. The molecule has 1 atom stereocenters. The summed E-state index contributed by atoms with van der Waals surface area (Å²) >= 11 is 0. The van der Waals surface area contributed by atoms with Crippen LogP contribution < -0.4 is 21.1 Å². The minimum atomic E-state index is -0.0817. The lowest BCUT2D eigenvalue weighted by Crippen LogP contribution is -2.59. The van der Waals surface area contributed by atoms with Crippen molar-refractivity contribution in [3.05, 3.63) is 57.2 Å². The number of fused-ring (bicyclic) bond motifs is 3. The molecule has 1 unspecified atom stereocenters. The lowest BCUT2D eigenvalue weighted by Gasteiger charge is -1.99. The van der Waals surface area contributed by atoms with Crippen LogP contribution in [-0.4, -0.2) is 16.4 Å². The summed E-state index contributed by atoms with van der Waals surface area (Å²) in [6.07, 6.45) is 0.909. The maximum absolute atomic E-state index is 12.5.